The Kier molecular flexibility index (Phi) is 4.95. The molecule has 0 aromatic carbocycles. The van der Waals surface area contributed by atoms with Crippen molar-refractivity contribution in [2.45, 2.75) is 65.1 Å². The van der Waals surface area contributed by atoms with E-state index < -0.39 is 17.2 Å². The van der Waals surface area contributed by atoms with Gasteiger partial charge < -0.3 is 16.2 Å². The topological polar surface area (TPSA) is 75.4 Å². The van der Waals surface area contributed by atoms with Gasteiger partial charge in [0.05, 0.1) is 17.2 Å². The summed E-state index contributed by atoms with van der Waals surface area (Å²) in [5, 5.41) is 12.7. The van der Waals surface area contributed by atoms with Crippen molar-refractivity contribution >= 4 is 5.91 Å². The number of hydrogen-bond acceptors (Lipinski definition) is 3. The highest BCUT2D eigenvalue weighted by molar-refractivity contribution is 5.82. The van der Waals surface area contributed by atoms with Gasteiger partial charge in [0.2, 0.25) is 5.91 Å². The molecule has 4 nitrogen and oxygen atoms in total. The molecule has 0 bridgehead atoms. The summed E-state index contributed by atoms with van der Waals surface area (Å²) < 4.78 is 0. The summed E-state index contributed by atoms with van der Waals surface area (Å²) >= 11 is 0. The van der Waals surface area contributed by atoms with Gasteiger partial charge >= 0.3 is 0 Å². The van der Waals surface area contributed by atoms with Crippen molar-refractivity contribution < 1.29 is 9.90 Å². The lowest BCUT2D eigenvalue weighted by Crippen LogP contribution is -2.60. The molecule has 1 atom stereocenters. The van der Waals surface area contributed by atoms with Gasteiger partial charge in [0.15, 0.2) is 0 Å². The van der Waals surface area contributed by atoms with E-state index in [1.165, 1.54) is 0 Å². The van der Waals surface area contributed by atoms with Crippen LogP contribution in [0.4, 0.5) is 0 Å². The summed E-state index contributed by atoms with van der Waals surface area (Å²) in [5.41, 5.74) is 4.09. The fourth-order valence-electron chi connectivity index (χ4n) is 1.17. The maximum Gasteiger partial charge on any atom is 0.237 e. The van der Waals surface area contributed by atoms with Gasteiger partial charge in [-0.25, -0.2) is 0 Å². The van der Waals surface area contributed by atoms with Crippen molar-refractivity contribution in [3.63, 3.8) is 0 Å². The molecule has 0 rings (SSSR count). The van der Waals surface area contributed by atoms with Gasteiger partial charge in [-0.05, 0) is 40.0 Å². The van der Waals surface area contributed by atoms with Crippen molar-refractivity contribution in [3.05, 3.63) is 0 Å². The summed E-state index contributed by atoms with van der Waals surface area (Å²) in [6.45, 7) is 10.9. The van der Waals surface area contributed by atoms with E-state index in [0.717, 1.165) is 0 Å². The Morgan fingerprint density at radius 1 is 1.31 bits per heavy atom. The Hall–Kier alpha value is -0.610. The zero-order valence-electron chi connectivity index (χ0n) is 11.3. The van der Waals surface area contributed by atoms with Gasteiger partial charge in [-0.3, -0.25) is 4.79 Å². The molecular formula is C12H26N2O2. The highest BCUT2D eigenvalue weighted by atomic mass is 16.3. The Bertz CT molecular complexity index is 242. The lowest BCUT2D eigenvalue weighted by Gasteiger charge is -2.38. The standard InChI is InChI=1S/C12H26N2O2/c1-8(2)7-9(13)10(15)14-11(3,4)12(5,6)16/h8-9,16H,7,13H2,1-6H3,(H,14,15)/t9-/m1/s1. The molecule has 0 aromatic heterocycles. The first-order valence-corrected chi connectivity index (χ1v) is 5.77. The lowest BCUT2D eigenvalue weighted by atomic mass is 9.85. The summed E-state index contributed by atoms with van der Waals surface area (Å²) in [5.74, 6) is 0.173. The fourth-order valence-corrected chi connectivity index (χ4v) is 1.17. The molecular weight excluding hydrogens is 204 g/mol. The smallest absolute Gasteiger partial charge is 0.237 e. The summed E-state index contributed by atoms with van der Waals surface area (Å²) in [4.78, 5) is 11.8. The number of amides is 1. The van der Waals surface area contributed by atoms with Crippen molar-refractivity contribution in [3.8, 4) is 0 Å². The largest absolute Gasteiger partial charge is 0.388 e. The zero-order valence-corrected chi connectivity index (χ0v) is 11.3. The first kappa shape index (κ1) is 15.4. The third kappa shape index (κ3) is 4.49. The van der Waals surface area contributed by atoms with E-state index in [9.17, 15) is 9.90 Å². The van der Waals surface area contributed by atoms with Crippen LogP contribution < -0.4 is 11.1 Å². The molecule has 0 heterocycles. The molecule has 1 amide bonds. The van der Waals surface area contributed by atoms with Crippen molar-refractivity contribution in [2.24, 2.45) is 11.7 Å². The lowest BCUT2D eigenvalue weighted by molar-refractivity contribution is -0.127. The van der Waals surface area contributed by atoms with Crippen LogP contribution in [0.2, 0.25) is 0 Å². The number of nitrogens with one attached hydrogen (secondary N) is 1. The first-order valence-electron chi connectivity index (χ1n) is 5.77. The normalized spacial score (nSPS) is 15.1. The molecule has 0 saturated heterocycles. The molecule has 96 valence electrons. The number of aliphatic hydroxyl groups is 1. The van der Waals surface area contributed by atoms with Crippen LogP contribution in [0.25, 0.3) is 0 Å². The third-order valence-electron chi connectivity index (χ3n) is 3.03. The van der Waals surface area contributed by atoms with E-state index in [0.29, 0.717) is 12.3 Å². The Morgan fingerprint density at radius 3 is 2.06 bits per heavy atom. The zero-order chi connectivity index (χ0) is 13.1. The molecule has 4 N–H and O–H groups in total. The van der Waals surface area contributed by atoms with Crippen LogP contribution in [0, 0.1) is 5.92 Å². The second-order valence-corrected chi connectivity index (χ2v) is 5.91. The van der Waals surface area contributed by atoms with Gasteiger partial charge in [0.25, 0.3) is 0 Å². The second-order valence-electron chi connectivity index (χ2n) is 5.91. The Morgan fingerprint density at radius 2 is 1.75 bits per heavy atom. The Balaban J connectivity index is 4.45. The number of nitrogens with two attached hydrogens (primary N) is 1. The molecule has 0 aliphatic carbocycles. The summed E-state index contributed by atoms with van der Waals surface area (Å²) in [7, 11) is 0. The van der Waals surface area contributed by atoms with E-state index in [1.807, 2.05) is 13.8 Å². The van der Waals surface area contributed by atoms with Gasteiger partial charge in [0, 0.05) is 0 Å². The highest BCUT2D eigenvalue weighted by Gasteiger charge is 2.37. The highest BCUT2D eigenvalue weighted by Crippen LogP contribution is 2.20. The molecule has 0 aliphatic rings. The average molecular weight is 230 g/mol. The van der Waals surface area contributed by atoms with Crippen LogP contribution in [0.3, 0.4) is 0 Å². The monoisotopic (exact) mass is 230 g/mol. The van der Waals surface area contributed by atoms with Crippen molar-refractivity contribution in [1.29, 1.82) is 0 Å². The van der Waals surface area contributed by atoms with Crippen molar-refractivity contribution in [2.75, 3.05) is 0 Å². The third-order valence-corrected chi connectivity index (χ3v) is 3.03. The minimum absolute atomic E-state index is 0.208. The number of carbonyl (C=O) groups excluding carboxylic acids is 1. The predicted octanol–water partition coefficient (Wildman–Crippen LogP) is 1.03. The van der Waals surface area contributed by atoms with Crippen LogP contribution in [0.5, 0.6) is 0 Å². The van der Waals surface area contributed by atoms with Gasteiger partial charge in [0.1, 0.15) is 0 Å². The average Bonchev–Trinajstić information content (AvgIpc) is 1.99. The van der Waals surface area contributed by atoms with E-state index in [2.05, 4.69) is 5.32 Å². The molecule has 0 fully saturated rings. The fraction of sp³-hybridized carbons (Fsp3) is 0.917. The number of hydrogen-bond donors (Lipinski definition) is 3. The maximum atomic E-state index is 11.8. The van der Waals surface area contributed by atoms with Crippen LogP contribution in [0.15, 0.2) is 0 Å². The molecule has 0 radical (unpaired) electrons. The summed E-state index contributed by atoms with van der Waals surface area (Å²) in [6.07, 6.45) is 0.647. The molecule has 16 heavy (non-hydrogen) atoms. The van der Waals surface area contributed by atoms with Crippen LogP contribution in [-0.2, 0) is 4.79 Å². The molecule has 4 heteroatoms. The van der Waals surface area contributed by atoms with Crippen molar-refractivity contribution in [1.82, 2.24) is 5.32 Å². The van der Waals surface area contributed by atoms with Crippen LogP contribution in [-0.4, -0.2) is 28.2 Å². The quantitative estimate of drug-likeness (QED) is 0.660. The summed E-state index contributed by atoms with van der Waals surface area (Å²) in [6, 6.07) is -0.512. The van der Waals surface area contributed by atoms with E-state index >= 15 is 0 Å². The maximum absolute atomic E-state index is 11.8. The molecule has 0 unspecified atom stereocenters. The predicted molar refractivity (Wildman–Crippen MR) is 65.9 cm³/mol. The second kappa shape index (κ2) is 5.15. The Labute approximate surface area is 98.6 Å². The minimum atomic E-state index is -0.986. The van der Waals surface area contributed by atoms with E-state index in [-0.39, 0.29) is 5.91 Å². The SMILES string of the molecule is CC(C)C[C@@H](N)C(=O)NC(C)(C)C(C)(C)O. The van der Waals surface area contributed by atoms with Crippen LogP contribution >= 0.6 is 0 Å². The number of carbonyl (C=O) groups is 1. The van der Waals surface area contributed by atoms with E-state index in [1.54, 1.807) is 27.7 Å². The van der Waals surface area contributed by atoms with Gasteiger partial charge in [-0.2, -0.15) is 0 Å². The number of rotatable bonds is 5. The van der Waals surface area contributed by atoms with Gasteiger partial charge in [-0.1, -0.05) is 13.8 Å². The van der Waals surface area contributed by atoms with Crippen LogP contribution in [0.1, 0.15) is 48.0 Å². The van der Waals surface area contributed by atoms with Gasteiger partial charge in [-0.15, -0.1) is 0 Å². The first-order chi connectivity index (χ1) is 6.97. The molecule has 0 aliphatic heterocycles. The van der Waals surface area contributed by atoms with E-state index in [4.69, 9.17) is 5.73 Å². The minimum Gasteiger partial charge on any atom is -0.388 e. The molecule has 0 spiro atoms. The molecule has 0 saturated carbocycles. The molecule has 0 aromatic rings.